The van der Waals surface area contributed by atoms with E-state index in [0.29, 0.717) is 24.7 Å². The van der Waals surface area contributed by atoms with Gasteiger partial charge >= 0.3 is 5.97 Å². The number of anilines is 1. The van der Waals surface area contributed by atoms with Gasteiger partial charge in [0.15, 0.2) is 5.82 Å². The molecule has 20 heavy (non-hydrogen) atoms. The molecule has 0 bridgehead atoms. The number of carboxylic acid groups (broad SMARTS) is 1. The van der Waals surface area contributed by atoms with E-state index in [9.17, 15) is 9.59 Å². The molecule has 0 aliphatic heterocycles. The quantitative estimate of drug-likeness (QED) is 0.762. The zero-order valence-corrected chi connectivity index (χ0v) is 12.3. The standard InChI is InChI=1S/C14H23N3O3/c1-10(2)17-9-8-16-13(14(17)20)15-7-6-11(3)4-5-12(18)19/h8-11H,4-7H2,1-3H3,(H,15,16)(H,18,19). The van der Waals surface area contributed by atoms with Gasteiger partial charge in [-0.2, -0.15) is 0 Å². The number of nitrogens with one attached hydrogen (secondary N) is 1. The zero-order valence-electron chi connectivity index (χ0n) is 12.3. The lowest BCUT2D eigenvalue weighted by Crippen LogP contribution is -2.26. The highest BCUT2D eigenvalue weighted by Gasteiger charge is 2.08. The van der Waals surface area contributed by atoms with Crippen molar-refractivity contribution in [2.45, 2.75) is 46.1 Å². The molecule has 0 aliphatic rings. The molecule has 6 heteroatoms. The Labute approximate surface area is 118 Å². The van der Waals surface area contributed by atoms with Crippen molar-refractivity contribution in [2.75, 3.05) is 11.9 Å². The van der Waals surface area contributed by atoms with Gasteiger partial charge in [-0.05, 0) is 32.6 Å². The zero-order chi connectivity index (χ0) is 15.1. The number of hydrogen-bond donors (Lipinski definition) is 2. The van der Waals surface area contributed by atoms with E-state index in [0.717, 1.165) is 6.42 Å². The third-order valence-electron chi connectivity index (χ3n) is 3.20. The van der Waals surface area contributed by atoms with Crippen molar-refractivity contribution in [3.63, 3.8) is 0 Å². The van der Waals surface area contributed by atoms with Gasteiger partial charge in [0.25, 0.3) is 5.56 Å². The van der Waals surface area contributed by atoms with Crippen LogP contribution in [0.25, 0.3) is 0 Å². The summed E-state index contributed by atoms with van der Waals surface area (Å²) in [5, 5.41) is 11.6. The maximum Gasteiger partial charge on any atom is 0.303 e. The third-order valence-corrected chi connectivity index (χ3v) is 3.20. The second-order valence-electron chi connectivity index (χ2n) is 5.34. The van der Waals surface area contributed by atoms with E-state index in [2.05, 4.69) is 10.3 Å². The van der Waals surface area contributed by atoms with Crippen LogP contribution in [-0.2, 0) is 4.79 Å². The van der Waals surface area contributed by atoms with Gasteiger partial charge in [0.2, 0.25) is 0 Å². The molecule has 1 rings (SSSR count). The molecule has 0 amide bonds. The molecule has 0 saturated heterocycles. The van der Waals surface area contributed by atoms with E-state index >= 15 is 0 Å². The number of aliphatic carboxylic acids is 1. The fourth-order valence-corrected chi connectivity index (χ4v) is 1.90. The van der Waals surface area contributed by atoms with Crippen molar-refractivity contribution in [1.82, 2.24) is 9.55 Å². The van der Waals surface area contributed by atoms with Gasteiger partial charge in [-0.15, -0.1) is 0 Å². The largest absolute Gasteiger partial charge is 0.481 e. The fraction of sp³-hybridized carbons (Fsp3) is 0.643. The molecule has 0 aliphatic carbocycles. The fourth-order valence-electron chi connectivity index (χ4n) is 1.90. The van der Waals surface area contributed by atoms with Crippen LogP contribution < -0.4 is 10.9 Å². The van der Waals surface area contributed by atoms with E-state index in [4.69, 9.17) is 5.11 Å². The Morgan fingerprint density at radius 2 is 2.10 bits per heavy atom. The third kappa shape index (κ3) is 5.03. The van der Waals surface area contributed by atoms with Crippen molar-refractivity contribution in [2.24, 2.45) is 5.92 Å². The first-order chi connectivity index (χ1) is 9.41. The maximum absolute atomic E-state index is 12.1. The predicted molar refractivity (Wildman–Crippen MR) is 78.0 cm³/mol. The molecular weight excluding hydrogens is 258 g/mol. The van der Waals surface area contributed by atoms with Crippen LogP contribution in [0, 0.1) is 5.92 Å². The molecule has 1 aromatic rings. The first-order valence-corrected chi connectivity index (χ1v) is 6.94. The van der Waals surface area contributed by atoms with Crippen LogP contribution in [0.5, 0.6) is 0 Å². The van der Waals surface area contributed by atoms with Crippen molar-refractivity contribution in [3.8, 4) is 0 Å². The normalized spacial score (nSPS) is 12.4. The summed E-state index contributed by atoms with van der Waals surface area (Å²) in [7, 11) is 0. The number of rotatable bonds is 8. The number of nitrogens with zero attached hydrogens (tertiary/aromatic N) is 2. The topological polar surface area (TPSA) is 84.2 Å². The summed E-state index contributed by atoms with van der Waals surface area (Å²) in [5.41, 5.74) is -0.124. The van der Waals surface area contributed by atoms with E-state index in [-0.39, 0.29) is 18.0 Å². The van der Waals surface area contributed by atoms with Gasteiger partial charge in [-0.1, -0.05) is 6.92 Å². The second kappa shape index (κ2) is 7.67. The maximum atomic E-state index is 12.1. The summed E-state index contributed by atoms with van der Waals surface area (Å²) in [5.74, 6) is -0.115. The minimum Gasteiger partial charge on any atom is -0.481 e. The van der Waals surface area contributed by atoms with Crippen molar-refractivity contribution in [3.05, 3.63) is 22.7 Å². The smallest absolute Gasteiger partial charge is 0.303 e. The summed E-state index contributed by atoms with van der Waals surface area (Å²) in [6, 6.07) is 0.0977. The SMILES string of the molecule is CC(CCNc1nccn(C(C)C)c1=O)CCC(=O)O. The van der Waals surface area contributed by atoms with Gasteiger partial charge in [-0.3, -0.25) is 9.59 Å². The lowest BCUT2D eigenvalue weighted by Gasteiger charge is -2.13. The lowest BCUT2D eigenvalue weighted by atomic mass is 10.0. The molecule has 1 aromatic heterocycles. The van der Waals surface area contributed by atoms with Crippen LogP contribution in [0.3, 0.4) is 0 Å². The van der Waals surface area contributed by atoms with Gasteiger partial charge in [0.1, 0.15) is 0 Å². The summed E-state index contributed by atoms with van der Waals surface area (Å²) in [4.78, 5) is 26.6. The van der Waals surface area contributed by atoms with Gasteiger partial charge in [-0.25, -0.2) is 4.98 Å². The van der Waals surface area contributed by atoms with Crippen molar-refractivity contribution < 1.29 is 9.90 Å². The number of hydrogen-bond acceptors (Lipinski definition) is 4. The number of aromatic nitrogens is 2. The van der Waals surface area contributed by atoms with E-state index in [1.54, 1.807) is 17.0 Å². The molecule has 1 atom stereocenters. The highest BCUT2D eigenvalue weighted by atomic mass is 16.4. The number of carbonyl (C=O) groups is 1. The van der Waals surface area contributed by atoms with Gasteiger partial charge in [0.05, 0.1) is 0 Å². The Bertz CT molecular complexity index is 497. The predicted octanol–water partition coefficient (Wildman–Crippen LogP) is 2.13. The molecular formula is C14H23N3O3. The molecule has 1 unspecified atom stereocenters. The highest BCUT2D eigenvalue weighted by molar-refractivity contribution is 5.66. The molecule has 112 valence electrons. The second-order valence-corrected chi connectivity index (χ2v) is 5.34. The van der Waals surface area contributed by atoms with Gasteiger partial charge in [0, 0.05) is 31.4 Å². The van der Waals surface area contributed by atoms with Crippen molar-refractivity contribution in [1.29, 1.82) is 0 Å². The Hall–Kier alpha value is -1.85. The Morgan fingerprint density at radius 3 is 2.70 bits per heavy atom. The lowest BCUT2D eigenvalue weighted by molar-refractivity contribution is -0.137. The van der Waals surface area contributed by atoms with Crippen LogP contribution in [0.4, 0.5) is 5.82 Å². The minimum atomic E-state index is -0.769. The van der Waals surface area contributed by atoms with Crippen LogP contribution in [0.1, 0.15) is 46.1 Å². The first kappa shape index (κ1) is 16.2. The Morgan fingerprint density at radius 1 is 1.40 bits per heavy atom. The number of carboxylic acids is 1. The Kier molecular flexibility index (Phi) is 6.21. The minimum absolute atomic E-state index is 0.0977. The first-order valence-electron chi connectivity index (χ1n) is 6.94. The molecule has 0 radical (unpaired) electrons. The average Bonchev–Trinajstić information content (AvgIpc) is 2.38. The van der Waals surface area contributed by atoms with Gasteiger partial charge < -0.3 is 15.0 Å². The van der Waals surface area contributed by atoms with Crippen LogP contribution >= 0.6 is 0 Å². The molecule has 0 aromatic carbocycles. The van der Waals surface area contributed by atoms with Crippen LogP contribution in [-0.4, -0.2) is 27.2 Å². The van der Waals surface area contributed by atoms with Crippen molar-refractivity contribution >= 4 is 11.8 Å². The summed E-state index contributed by atoms with van der Waals surface area (Å²) >= 11 is 0. The molecule has 1 heterocycles. The molecule has 2 N–H and O–H groups in total. The molecule has 0 saturated carbocycles. The monoisotopic (exact) mass is 281 g/mol. The van der Waals surface area contributed by atoms with E-state index in [1.807, 2.05) is 20.8 Å². The summed E-state index contributed by atoms with van der Waals surface area (Å²) in [6.07, 6.45) is 4.93. The molecule has 0 fully saturated rings. The highest BCUT2D eigenvalue weighted by Crippen LogP contribution is 2.10. The van der Waals surface area contributed by atoms with E-state index in [1.165, 1.54) is 0 Å². The average molecular weight is 281 g/mol. The van der Waals surface area contributed by atoms with Crippen LogP contribution in [0.2, 0.25) is 0 Å². The van der Waals surface area contributed by atoms with Crippen LogP contribution in [0.15, 0.2) is 17.2 Å². The Balaban J connectivity index is 2.48. The molecule has 0 spiro atoms. The molecule has 6 nitrogen and oxygen atoms in total. The summed E-state index contributed by atoms with van der Waals surface area (Å²) < 4.78 is 1.63. The summed E-state index contributed by atoms with van der Waals surface area (Å²) in [6.45, 7) is 6.51. The van der Waals surface area contributed by atoms with E-state index < -0.39 is 5.97 Å².